The standard InChI is InChI=1S/C13H16Br2O2/c1-3-4-12(16)11(15)7-9-5-6-10(14)13(8-9)17-2/h5-6,8,11H,3-4,7H2,1-2H3. The van der Waals surface area contributed by atoms with Crippen molar-refractivity contribution >= 4 is 37.6 Å². The lowest BCUT2D eigenvalue weighted by atomic mass is 10.1. The maximum Gasteiger partial charge on any atom is 0.146 e. The normalized spacial score (nSPS) is 12.2. The van der Waals surface area contributed by atoms with E-state index in [1.165, 1.54) is 0 Å². The summed E-state index contributed by atoms with van der Waals surface area (Å²) in [6.45, 7) is 2.01. The molecule has 0 radical (unpaired) electrons. The molecule has 1 atom stereocenters. The lowest BCUT2D eigenvalue weighted by Crippen LogP contribution is -2.16. The Morgan fingerprint density at radius 3 is 2.76 bits per heavy atom. The molecule has 0 aromatic heterocycles. The van der Waals surface area contributed by atoms with Crippen molar-refractivity contribution in [2.24, 2.45) is 0 Å². The van der Waals surface area contributed by atoms with Crippen molar-refractivity contribution in [3.8, 4) is 5.75 Å². The van der Waals surface area contributed by atoms with Gasteiger partial charge in [0.1, 0.15) is 11.5 Å². The van der Waals surface area contributed by atoms with E-state index >= 15 is 0 Å². The number of ketones is 1. The minimum atomic E-state index is -0.103. The van der Waals surface area contributed by atoms with Gasteiger partial charge in [-0.25, -0.2) is 0 Å². The Morgan fingerprint density at radius 1 is 1.47 bits per heavy atom. The molecule has 4 heteroatoms. The van der Waals surface area contributed by atoms with Crippen LogP contribution in [0, 0.1) is 0 Å². The minimum Gasteiger partial charge on any atom is -0.496 e. The Hall–Kier alpha value is -0.350. The highest BCUT2D eigenvalue weighted by Crippen LogP contribution is 2.27. The number of Topliss-reactive ketones (excluding diaryl/α,β-unsaturated/α-hetero) is 1. The Balaban J connectivity index is 2.71. The van der Waals surface area contributed by atoms with E-state index in [1.807, 2.05) is 25.1 Å². The number of hydrogen-bond acceptors (Lipinski definition) is 2. The summed E-state index contributed by atoms with van der Waals surface area (Å²) in [5, 5.41) is 0. The third-order valence-corrected chi connectivity index (χ3v) is 3.97. The topological polar surface area (TPSA) is 26.3 Å². The maximum absolute atomic E-state index is 11.7. The summed E-state index contributed by atoms with van der Waals surface area (Å²) < 4.78 is 6.15. The number of methoxy groups -OCH3 is 1. The number of carbonyl (C=O) groups is 1. The van der Waals surface area contributed by atoms with Crippen molar-refractivity contribution in [3.05, 3.63) is 28.2 Å². The van der Waals surface area contributed by atoms with Gasteiger partial charge in [-0.15, -0.1) is 0 Å². The van der Waals surface area contributed by atoms with Crippen LogP contribution in [0.15, 0.2) is 22.7 Å². The van der Waals surface area contributed by atoms with Gasteiger partial charge in [0.15, 0.2) is 0 Å². The lowest BCUT2D eigenvalue weighted by Gasteiger charge is -2.10. The summed E-state index contributed by atoms with van der Waals surface area (Å²) in [5.41, 5.74) is 1.09. The first-order valence-corrected chi connectivity index (χ1v) is 7.28. The van der Waals surface area contributed by atoms with Gasteiger partial charge < -0.3 is 4.74 Å². The molecule has 0 saturated carbocycles. The third-order valence-electron chi connectivity index (χ3n) is 2.48. The molecule has 0 heterocycles. The number of ether oxygens (including phenoxy) is 1. The quantitative estimate of drug-likeness (QED) is 0.710. The first kappa shape index (κ1) is 14.7. The van der Waals surface area contributed by atoms with E-state index in [9.17, 15) is 4.79 Å². The summed E-state index contributed by atoms with van der Waals surface area (Å²) in [4.78, 5) is 11.6. The molecule has 94 valence electrons. The van der Waals surface area contributed by atoms with Crippen LogP contribution in [0.1, 0.15) is 25.3 Å². The van der Waals surface area contributed by atoms with E-state index in [4.69, 9.17) is 4.74 Å². The average molecular weight is 364 g/mol. The largest absolute Gasteiger partial charge is 0.496 e. The zero-order valence-corrected chi connectivity index (χ0v) is 13.2. The number of alkyl halides is 1. The van der Waals surface area contributed by atoms with Gasteiger partial charge in [0.25, 0.3) is 0 Å². The number of benzene rings is 1. The molecule has 0 spiro atoms. The molecule has 0 N–H and O–H groups in total. The Bertz CT molecular complexity index is 391. The molecule has 1 unspecified atom stereocenters. The Labute approximate surface area is 119 Å². The van der Waals surface area contributed by atoms with Gasteiger partial charge in [0.05, 0.1) is 16.4 Å². The second kappa shape index (κ2) is 7.17. The highest BCUT2D eigenvalue weighted by molar-refractivity contribution is 9.10. The summed E-state index contributed by atoms with van der Waals surface area (Å²) >= 11 is 6.85. The Kier molecular flexibility index (Phi) is 6.20. The van der Waals surface area contributed by atoms with Gasteiger partial charge in [0, 0.05) is 6.42 Å². The van der Waals surface area contributed by atoms with Crippen LogP contribution in [0.25, 0.3) is 0 Å². The summed E-state index contributed by atoms with van der Waals surface area (Å²) in [6, 6.07) is 5.90. The average Bonchev–Trinajstić information content (AvgIpc) is 2.31. The van der Waals surface area contributed by atoms with Gasteiger partial charge in [-0.3, -0.25) is 4.79 Å². The predicted octanol–water partition coefficient (Wildman–Crippen LogP) is 4.13. The van der Waals surface area contributed by atoms with Crippen LogP contribution < -0.4 is 4.74 Å². The van der Waals surface area contributed by atoms with E-state index in [0.717, 1.165) is 22.2 Å². The van der Waals surface area contributed by atoms with Gasteiger partial charge in [-0.2, -0.15) is 0 Å². The van der Waals surface area contributed by atoms with E-state index in [0.29, 0.717) is 12.8 Å². The molecule has 0 fully saturated rings. The molecule has 2 nitrogen and oxygen atoms in total. The molecular weight excluding hydrogens is 348 g/mol. The fraction of sp³-hybridized carbons (Fsp3) is 0.462. The molecule has 0 saturated heterocycles. The van der Waals surface area contributed by atoms with Gasteiger partial charge in [-0.1, -0.05) is 28.9 Å². The number of rotatable bonds is 6. The first-order valence-electron chi connectivity index (χ1n) is 5.57. The monoisotopic (exact) mass is 362 g/mol. The van der Waals surface area contributed by atoms with Crippen LogP contribution in [0.5, 0.6) is 5.75 Å². The molecular formula is C13H16Br2O2. The summed E-state index contributed by atoms with van der Waals surface area (Å²) in [6.07, 6.45) is 2.22. The van der Waals surface area contributed by atoms with Crippen LogP contribution in [0.4, 0.5) is 0 Å². The van der Waals surface area contributed by atoms with Crippen molar-refractivity contribution in [2.45, 2.75) is 31.0 Å². The van der Waals surface area contributed by atoms with Gasteiger partial charge in [-0.05, 0) is 46.5 Å². The first-order chi connectivity index (χ1) is 8.08. The van der Waals surface area contributed by atoms with Crippen LogP contribution in [0.2, 0.25) is 0 Å². The fourth-order valence-corrected chi connectivity index (χ4v) is 2.57. The molecule has 1 aromatic rings. The zero-order valence-electron chi connectivity index (χ0n) is 10.0. The number of hydrogen-bond donors (Lipinski definition) is 0. The SMILES string of the molecule is CCCC(=O)C(Br)Cc1ccc(Br)c(OC)c1. The van der Waals surface area contributed by atoms with Gasteiger partial charge in [0.2, 0.25) is 0 Å². The molecule has 0 aliphatic carbocycles. The zero-order chi connectivity index (χ0) is 12.8. The summed E-state index contributed by atoms with van der Waals surface area (Å²) in [7, 11) is 1.64. The molecule has 0 bridgehead atoms. The third kappa shape index (κ3) is 4.43. The molecule has 17 heavy (non-hydrogen) atoms. The minimum absolute atomic E-state index is 0.103. The van der Waals surface area contributed by atoms with Crippen LogP contribution in [-0.2, 0) is 11.2 Å². The van der Waals surface area contributed by atoms with Crippen LogP contribution >= 0.6 is 31.9 Å². The highest BCUT2D eigenvalue weighted by atomic mass is 79.9. The van der Waals surface area contributed by atoms with Crippen LogP contribution in [-0.4, -0.2) is 17.7 Å². The second-order valence-corrected chi connectivity index (χ2v) is 5.82. The molecule has 1 rings (SSSR count). The number of carbonyl (C=O) groups excluding carboxylic acids is 1. The molecule has 0 aliphatic heterocycles. The smallest absolute Gasteiger partial charge is 0.146 e. The van der Waals surface area contributed by atoms with Crippen molar-refractivity contribution in [1.82, 2.24) is 0 Å². The maximum atomic E-state index is 11.7. The summed E-state index contributed by atoms with van der Waals surface area (Å²) in [5.74, 6) is 1.06. The lowest BCUT2D eigenvalue weighted by molar-refractivity contribution is -0.118. The predicted molar refractivity (Wildman–Crippen MR) is 77.0 cm³/mol. The van der Waals surface area contributed by atoms with E-state index in [1.54, 1.807) is 7.11 Å². The van der Waals surface area contributed by atoms with E-state index in [2.05, 4.69) is 31.9 Å². The van der Waals surface area contributed by atoms with Gasteiger partial charge >= 0.3 is 0 Å². The van der Waals surface area contributed by atoms with E-state index < -0.39 is 0 Å². The van der Waals surface area contributed by atoms with Crippen molar-refractivity contribution in [2.75, 3.05) is 7.11 Å². The fourth-order valence-electron chi connectivity index (χ4n) is 1.55. The second-order valence-electron chi connectivity index (χ2n) is 3.86. The number of halogens is 2. The van der Waals surface area contributed by atoms with E-state index in [-0.39, 0.29) is 10.6 Å². The molecule has 0 amide bonds. The van der Waals surface area contributed by atoms with Crippen molar-refractivity contribution < 1.29 is 9.53 Å². The Morgan fingerprint density at radius 2 is 2.18 bits per heavy atom. The highest BCUT2D eigenvalue weighted by Gasteiger charge is 2.15. The van der Waals surface area contributed by atoms with Crippen molar-refractivity contribution in [1.29, 1.82) is 0 Å². The van der Waals surface area contributed by atoms with Crippen molar-refractivity contribution in [3.63, 3.8) is 0 Å². The van der Waals surface area contributed by atoms with Crippen LogP contribution in [0.3, 0.4) is 0 Å². The molecule has 1 aromatic carbocycles. The molecule has 0 aliphatic rings.